The van der Waals surface area contributed by atoms with Crippen molar-refractivity contribution in [2.24, 2.45) is 7.05 Å². The van der Waals surface area contributed by atoms with Crippen molar-refractivity contribution in [3.63, 3.8) is 0 Å². The molecular formula is C13H14N6OS2. The molecule has 0 amide bonds. The lowest BCUT2D eigenvalue weighted by molar-refractivity contribution is 0.726. The van der Waals surface area contributed by atoms with E-state index in [1.54, 1.807) is 34.7 Å². The highest BCUT2D eigenvalue weighted by atomic mass is 32.2. The van der Waals surface area contributed by atoms with Gasteiger partial charge in [0.2, 0.25) is 0 Å². The van der Waals surface area contributed by atoms with Crippen LogP contribution in [0.4, 0.5) is 0 Å². The lowest BCUT2D eigenvalue weighted by Crippen LogP contribution is -2.20. The third kappa shape index (κ3) is 2.24. The summed E-state index contributed by atoms with van der Waals surface area (Å²) in [6.45, 7) is 0. The van der Waals surface area contributed by atoms with E-state index in [0.717, 1.165) is 40.4 Å². The van der Waals surface area contributed by atoms with E-state index >= 15 is 0 Å². The monoisotopic (exact) mass is 334 g/mol. The van der Waals surface area contributed by atoms with Gasteiger partial charge in [0.15, 0.2) is 11.0 Å². The molecule has 0 aliphatic heterocycles. The van der Waals surface area contributed by atoms with Gasteiger partial charge in [0.1, 0.15) is 4.83 Å². The molecule has 7 nitrogen and oxygen atoms in total. The van der Waals surface area contributed by atoms with Crippen molar-refractivity contribution in [1.29, 1.82) is 0 Å². The van der Waals surface area contributed by atoms with E-state index in [1.807, 2.05) is 0 Å². The second-order valence-corrected chi connectivity index (χ2v) is 7.37. The SMILES string of the molecule is Cn1c(SCCc2nn[nH]n2)nc2sc3c(c2c1=O)CCC3. The Hall–Kier alpha value is -1.74. The lowest BCUT2D eigenvalue weighted by Gasteiger charge is -2.06. The maximum absolute atomic E-state index is 12.6. The molecule has 0 saturated heterocycles. The summed E-state index contributed by atoms with van der Waals surface area (Å²) in [6.07, 6.45) is 3.94. The smallest absolute Gasteiger partial charge is 0.262 e. The van der Waals surface area contributed by atoms with Crippen LogP contribution in [0.1, 0.15) is 22.7 Å². The molecule has 3 heterocycles. The van der Waals surface area contributed by atoms with E-state index in [1.165, 1.54) is 10.4 Å². The topological polar surface area (TPSA) is 89.3 Å². The number of fused-ring (bicyclic) bond motifs is 3. The number of aryl methyl sites for hydroxylation is 3. The van der Waals surface area contributed by atoms with Gasteiger partial charge in [0, 0.05) is 24.1 Å². The van der Waals surface area contributed by atoms with Crippen molar-refractivity contribution in [2.75, 3.05) is 5.75 Å². The average molecular weight is 334 g/mol. The molecule has 9 heteroatoms. The van der Waals surface area contributed by atoms with Crippen molar-refractivity contribution in [3.05, 3.63) is 26.6 Å². The number of H-pyrrole nitrogens is 1. The second kappa shape index (κ2) is 5.47. The van der Waals surface area contributed by atoms with Crippen molar-refractivity contribution in [1.82, 2.24) is 30.2 Å². The summed E-state index contributed by atoms with van der Waals surface area (Å²) < 4.78 is 1.66. The minimum atomic E-state index is 0.0754. The molecule has 22 heavy (non-hydrogen) atoms. The summed E-state index contributed by atoms with van der Waals surface area (Å²) >= 11 is 3.23. The molecule has 3 aromatic heterocycles. The highest BCUT2D eigenvalue weighted by Crippen LogP contribution is 2.35. The number of aromatic amines is 1. The van der Waals surface area contributed by atoms with Gasteiger partial charge in [-0.1, -0.05) is 17.0 Å². The van der Waals surface area contributed by atoms with E-state index in [9.17, 15) is 4.79 Å². The molecule has 0 unspecified atom stereocenters. The summed E-state index contributed by atoms with van der Waals surface area (Å²) in [6, 6.07) is 0. The fourth-order valence-electron chi connectivity index (χ4n) is 2.76. The first-order valence-corrected chi connectivity index (χ1v) is 8.90. The van der Waals surface area contributed by atoms with Crippen molar-refractivity contribution >= 4 is 33.3 Å². The normalized spacial score (nSPS) is 13.9. The summed E-state index contributed by atoms with van der Waals surface area (Å²) in [5, 5.41) is 15.4. The zero-order valence-corrected chi connectivity index (χ0v) is 13.6. The first-order valence-electron chi connectivity index (χ1n) is 7.10. The van der Waals surface area contributed by atoms with E-state index < -0.39 is 0 Å². The maximum Gasteiger partial charge on any atom is 0.262 e. The van der Waals surface area contributed by atoms with Gasteiger partial charge >= 0.3 is 0 Å². The molecule has 0 spiro atoms. The van der Waals surface area contributed by atoms with Crippen LogP contribution in [0, 0.1) is 0 Å². The van der Waals surface area contributed by atoms with Gasteiger partial charge in [-0.15, -0.1) is 21.5 Å². The number of rotatable bonds is 4. The predicted molar refractivity (Wildman–Crippen MR) is 85.5 cm³/mol. The molecule has 4 rings (SSSR count). The molecule has 1 N–H and O–H groups in total. The minimum Gasteiger partial charge on any atom is -0.290 e. The molecule has 0 aromatic carbocycles. The molecule has 0 saturated carbocycles. The van der Waals surface area contributed by atoms with Gasteiger partial charge in [-0.3, -0.25) is 9.36 Å². The maximum atomic E-state index is 12.6. The van der Waals surface area contributed by atoms with Crippen LogP contribution in [0.2, 0.25) is 0 Å². The number of hydrogen-bond acceptors (Lipinski definition) is 7. The van der Waals surface area contributed by atoms with Gasteiger partial charge in [0.25, 0.3) is 5.56 Å². The first kappa shape index (κ1) is 13.9. The Bertz CT molecular complexity index is 882. The summed E-state index contributed by atoms with van der Waals surface area (Å²) in [4.78, 5) is 19.6. The van der Waals surface area contributed by atoms with Crippen LogP contribution < -0.4 is 5.56 Å². The van der Waals surface area contributed by atoms with Gasteiger partial charge in [-0.25, -0.2) is 4.98 Å². The molecule has 1 aliphatic rings. The molecule has 0 fully saturated rings. The van der Waals surface area contributed by atoms with Crippen LogP contribution in [-0.4, -0.2) is 35.9 Å². The number of thiophene rings is 1. The lowest BCUT2D eigenvalue weighted by atomic mass is 10.2. The van der Waals surface area contributed by atoms with Gasteiger partial charge in [0.05, 0.1) is 5.39 Å². The Morgan fingerprint density at radius 2 is 2.32 bits per heavy atom. The predicted octanol–water partition coefficient (Wildman–Crippen LogP) is 1.33. The number of hydrogen-bond donors (Lipinski definition) is 1. The van der Waals surface area contributed by atoms with E-state index in [2.05, 4.69) is 20.6 Å². The van der Waals surface area contributed by atoms with E-state index in [-0.39, 0.29) is 5.56 Å². The van der Waals surface area contributed by atoms with Gasteiger partial charge < -0.3 is 0 Å². The minimum absolute atomic E-state index is 0.0754. The summed E-state index contributed by atoms with van der Waals surface area (Å²) in [5.41, 5.74) is 1.31. The highest BCUT2D eigenvalue weighted by Gasteiger charge is 2.22. The fraction of sp³-hybridized carbons (Fsp3) is 0.462. The Kier molecular flexibility index (Phi) is 3.45. The van der Waals surface area contributed by atoms with Crippen LogP contribution in [0.3, 0.4) is 0 Å². The Morgan fingerprint density at radius 1 is 1.41 bits per heavy atom. The number of thioether (sulfide) groups is 1. The van der Waals surface area contributed by atoms with Crippen LogP contribution in [0.15, 0.2) is 9.95 Å². The second-order valence-electron chi connectivity index (χ2n) is 5.22. The molecule has 0 atom stereocenters. The molecule has 0 bridgehead atoms. The number of aromatic nitrogens is 6. The van der Waals surface area contributed by atoms with E-state index in [0.29, 0.717) is 12.2 Å². The van der Waals surface area contributed by atoms with Crippen LogP contribution in [-0.2, 0) is 26.3 Å². The Balaban J connectivity index is 1.64. The number of tetrazole rings is 1. The van der Waals surface area contributed by atoms with Crippen LogP contribution >= 0.6 is 23.1 Å². The average Bonchev–Trinajstić information content (AvgIpc) is 3.20. The van der Waals surface area contributed by atoms with Crippen molar-refractivity contribution in [3.8, 4) is 0 Å². The molecule has 3 aromatic rings. The highest BCUT2D eigenvalue weighted by molar-refractivity contribution is 7.99. The van der Waals surface area contributed by atoms with E-state index in [4.69, 9.17) is 4.98 Å². The third-order valence-corrected chi connectivity index (χ3v) is 6.07. The quantitative estimate of drug-likeness (QED) is 0.572. The standard InChI is InChI=1S/C13H14N6OS2/c1-19-12(20)10-7-3-2-4-8(7)22-11(10)14-13(19)21-6-5-9-15-17-18-16-9/h2-6H2,1H3,(H,15,16,17,18). The molecule has 0 radical (unpaired) electrons. The van der Waals surface area contributed by atoms with Gasteiger partial charge in [-0.2, -0.15) is 5.21 Å². The van der Waals surface area contributed by atoms with Crippen molar-refractivity contribution < 1.29 is 0 Å². The molecule has 114 valence electrons. The van der Waals surface area contributed by atoms with Crippen molar-refractivity contribution in [2.45, 2.75) is 30.8 Å². The van der Waals surface area contributed by atoms with Crippen LogP contribution in [0.5, 0.6) is 0 Å². The van der Waals surface area contributed by atoms with Crippen LogP contribution in [0.25, 0.3) is 10.2 Å². The number of nitrogens with one attached hydrogen (secondary N) is 1. The number of nitrogens with zero attached hydrogens (tertiary/aromatic N) is 5. The first-order chi connectivity index (χ1) is 10.7. The Morgan fingerprint density at radius 3 is 3.14 bits per heavy atom. The summed E-state index contributed by atoms with van der Waals surface area (Å²) in [5.74, 6) is 1.44. The van der Waals surface area contributed by atoms with Gasteiger partial charge in [-0.05, 0) is 24.8 Å². The molecular weight excluding hydrogens is 320 g/mol. The fourth-order valence-corrected chi connectivity index (χ4v) is 4.97. The zero-order chi connectivity index (χ0) is 15.1. The third-order valence-electron chi connectivity index (χ3n) is 3.85. The zero-order valence-electron chi connectivity index (χ0n) is 12.0. The summed E-state index contributed by atoms with van der Waals surface area (Å²) in [7, 11) is 1.80. The Labute approximate surface area is 134 Å². The molecule has 1 aliphatic carbocycles. The largest absolute Gasteiger partial charge is 0.290 e.